The van der Waals surface area contributed by atoms with E-state index in [1.54, 1.807) is 4.68 Å². The molecule has 7 heteroatoms. The lowest BCUT2D eigenvalue weighted by molar-refractivity contribution is -0.122. The van der Waals surface area contributed by atoms with E-state index in [2.05, 4.69) is 10.1 Å². The Kier molecular flexibility index (Phi) is 8.56. The van der Waals surface area contributed by atoms with Gasteiger partial charge in [0.25, 0.3) is 12.4 Å². The maximum absolute atomic E-state index is 12.7. The molecule has 4 rings (SSSR count). The van der Waals surface area contributed by atoms with Crippen LogP contribution in [0.4, 0.5) is 0 Å². The van der Waals surface area contributed by atoms with E-state index < -0.39 is 0 Å². The fourth-order valence-corrected chi connectivity index (χ4v) is 2.99. The van der Waals surface area contributed by atoms with Crippen LogP contribution >= 0.6 is 0 Å². The molecule has 0 atom stereocenters. The molecule has 0 saturated carbocycles. The van der Waals surface area contributed by atoms with Gasteiger partial charge < -0.3 is 10.0 Å². The molecule has 0 bridgehead atoms. The van der Waals surface area contributed by atoms with Crippen molar-refractivity contribution in [2.24, 2.45) is 0 Å². The summed E-state index contributed by atoms with van der Waals surface area (Å²) in [6.07, 6.45) is 2.10. The zero-order chi connectivity index (χ0) is 21.1. The molecule has 7 nitrogen and oxygen atoms in total. The molecule has 1 aromatic heterocycles. The Morgan fingerprint density at radius 1 is 0.966 bits per heavy atom. The molecule has 1 N–H and O–H groups in total. The van der Waals surface area contributed by atoms with Crippen molar-refractivity contribution in [1.29, 1.82) is 0 Å². The van der Waals surface area contributed by atoms with Gasteiger partial charge in [0.1, 0.15) is 0 Å². The average Bonchev–Trinajstić information content (AvgIpc) is 3.47. The highest BCUT2D eigenvalue weighted by Gasteiger charge is 2.25. The number of carbonyl (C=O) groups excluding carboxylic acids is 1. The second kappa shape index (κ2) is 11.4. The van der Waals surface area contributed by atoms with Gasteiger partial charge in [0.05, 0.1) is 5.69 Å². The van der Waals surface area contributed by atoms with E-state index in [0.717, 1.165) is 37.2 Å². The summed E-state index contributed by atoms with van der Waals surface area (Å²) in [6, 6.07) is 19.6. The first-order chi connectivity index (χ1) is 14.2. The second-order valence-corrected chi connectivity index (χ2v) is 5.98. The fourth-order valence-electron chi connectivity index (χ4n) is 2.99. The SMILES string of the molecule is CC.O=C(c1nc(-c2ccccc2)n(-c2ccccc2)n1)N1CCCC1.O=CO. The Balaban J connectivity index is 0.000000551. The third-order valence-electron chi connectivity index (χ3n) is 4.22. The number of aromatic nitrogens is 3. The number of para-hydroxylation sites is 1. The molecule has 1 aliphatic rings. The lowest BCUT2D eigenvalue weighted by Crippen LogP contribution is -2.28. The first kappa shape index (κ1) is 21.8. The van der Waals surface area contributed by atoms with Crippen molar-refractivity contribution < 1.29 is 14.7 Å². The van der Waals surface area contributed by atoms with Crippen LogP contribution in [0.15, 0.2) is 60.7 Å². The highest BCUT2D eigenvalue weighted by Crippen LogP contribution is 2.22. The summed E-state index contributed by atoms with van der Waals surface area (Å²) >= 11 is 0. The Morgan fingerprint density at radius 2 is 1.48 bits per heavy atom. The minimum atomic E-state index is -0.250. The van der Waals surface area contributed by atoms with E-state index in [9.17, 15) is 4.79 Å². The number of likely N-dealkylation sites (tertiary alicyclic amines) is 1. The predicted molar refractivity (Wildman–Crippen MR) is 112 cm³/mol. The van der Waals surface area contributed by atoms with Crippen molar-refractivity contribution in [2.75, 3.05) is 13.1 Å². The van der Waals surface area contributed by atoms with Gasteiger partial charge in [-0.2, -0.15) is 0 Å². The number of hydrogen-bond acceptors (Lipinski definition) is 4. The van der Waals surface area contributed by atoms with Crippen molar-refractivity contribution in [3.63, 3.8) is 0 Å². The zero-order valence-corrected chi connectivity index (χ0v) is 16.7. The van der Waals surface area contributed by atoms with Crippen LogP contribution in [0.3, 0.4) is 0 Å². The average molecular weight is 394 g/mol. The molecule has 0 radical (unpaired) electrons. The largest absolute Gasteiger partial charge is 0.483 e. The molecule has 0 unspecified atom stereocenters. The number of amides is 1. The van der Waals surface area contributed by atoms with Crippen LogP contribution in [-0.2, 0) is 4.79 Å². The third-order valence-corrected chi connectivity index (χ3v) is 4.22. The van der Waals surface area contributed by atoms with E-state index in [1.165, 1.54) is 0 Å². The van der Waals surface area contributed by atoms with Gasteiger partial charge >= 0.3 is 0 Å². The predicted octanol–water partition coefficient (Wildman–Crippen LogP) is 3.90. The van der Waals surface area contributed by atoms with Crippen LogP contribution in [-0.4, -0.2) is 50.2 Å². The smallest absolute Gasteiger partial charge is 0.293 e. The van der Waals surface area contributed by atoms with E-state index in [1.807, 2.05) is 79.4 Å². The number of carbonyl (C=O) groups is 2. The van der Waals surface area contributed by atoms with E-state index >= 15 is 0 Å². The Bertz CT molecular complexity index is 832. The number of rotatable bonds is 3. The van der Waals surface area contributed by atoms with Gasteiger partial charge in [0.15, 0.2) is 5.82 Å². The molecule has 1 amide bonds. The maximum Gasteiger partial charge on any atom is 0.293 e. The van der Waals surface area contributed by atoms with Crippen molar-refractivity contribution in [3.05, 3.63) is 66.5 Å². The van der Waals surface area contributed by atoms with Crippen molar-refractivity contribution >= 4 is 12.4 Å². The highest BCUT2D eigenvalue weighted by atomic mass is 16.3. The van der Waals surface area contributed by atoms with Crippen LogP contribution in [0.1, 0.15) is 37.3 Å². The number of nitrogens with zero attached hydrogens (tertiary/aromatic N) is 4. The molecule has 3 aromatic rings. The van der Waals surface area contributed by atoms with Crippen molar-refractivity contribution in [3.8, 4) is 17.1 Å². The second-order valence-electron chi connectivity index (χ2n) is 5.98. The van der Waals surface area contributed by atoms with Crippen LogP contribution in [0.2, 0.25) is 0 Å². The number of carboxylic acid groups (broad SMARTS) is 1. The maximum atomic E-state index is 12.7. The molecule has 152 valence electrons. The first-order valence-electron chi connectivity index (χ1n) is 9.69. The van der Waals surface area contributed by atoms with Gasteiger partial charge in [0, 0.05) is 18.7 Å². The van der Waals surface area contributed by atoms with Crippen molar-refractivity contribution in [1.82, 2.24) is 19.7 Å². The molecule has 1 fully saturated rings. The number of hydrogen-bond donors (Lipinski definition) is 1. The van der Waals surface area contributed by atoms with Crippen LogP contribution in [0, 0.1) is 0 Å². The van der Waals surface area contributed by atoms with Crippen LogP contribution < -0.4 is 0 Å². The molecule has 0 spiro atoms. The number of benzene rings is 2. The summed E-state index contributed by atoms with van der Waals surface area (Å²) in [6.45, 7) is 5.33. The summed E-state index contributed by atoms with van der Waals surface area (Å²) < 4.78 is 1.75. The minimum absolute atomic E-state index is 0.0839. The summed E-state index contributed by atoms with van der Waals surface area (Å²) in [5.41, 5.74) is 1.83. The Morgan fingerprint density at radius 3 is 2.03 bits per heavy atom. The quantitative estimate of drug-likeness (QED) is 0.681. The molecule has 0 aliphatic carbocycles. The van der Waals surface area contributed by atoms with Gasteiger partial charge in [-0.05, 0) is 25.0 Å². The van der Waals surface area contributed by atoms with E-state index in [0.29, 0.717) is 5.82 Å². The highest BCUT2D eigenvalue weighted by molar-refractivity contribution is 5.91. The van der Waals surface area contributed by atoms with Crippen molar-refractivity contribution in [2.45, 2.75) is 26.7 Å². The van der Waals surface area contributed by atoms with Crippen LogP contribution in [0.25, 0.3) is 17.1 Å². The van der Waals surface area contributed by atoms with Crippen LogP contribution in [0.5, 0.6) is 0 Å². The van der Waals surface area contributed by atoms with Gasteiger partial charge in [-0.25, -0.2) is 9.67 Å². The normalized spacial score (nSPS) is 12.3. The molecular formula is C22H26N4O3. The molecule has 29 heavy (non-hydrogen) atoms. The lowest BCUT2D eigenvalue weighted by Gasteiger charge is -2.11. The molecular weight excluding hydrogens is 368 g/mol. The zero-order valence-electron chi connectivity index (χ0n) is 16.7. The van der Waals surface area contributed by atoms with Gasteiger partial charge in [-0.3, -0.25) is 9.59 Å². The minimum Gasteiger partial charge on any atom is -0.483 e. The first-order valence-corrected chi connectivity index (χ1v) is 9.69. The monoisotopic (exact) mass is 394 g/mol. The van der Waals surface area contributed by atoms with E-state index in [-0.39, 0.29) is 18.2 Å². The lowest BCUT2D eigenvalue weighted by atomic mass is 10.2. The molecule has 1 saturated heterocycles. The Labute approximate surface area is 170 Å². The van der Waals surface area contributed by atoms with Gasteiger partial charge in [-0.1, -0.05) is 62.4 Å². The summed E-state index contributed by atoms with van der Waals surface area (Å²) in [5, 5.41) is 11.4. The standard InChI is InChI=1S/C19H18N4O.C2H6.CH2O2/c24-19(22-13-7-8-14-22)17-20-18(15-9-3-1-4-10-15)23(21-17)16-11-5-2-6-12-16;1-2;2-1-3/h1-6,9-12H,7-8,13-14H2;1-2H3;1H,(H,2,3). The summed E-state index contributed by atoms with van der Waals surface area (Å²) in [7, 11) is 0. The third kappa shape index (κ3) is 5.51. The van der Waals surface area contributed by atoms with Gasteiger partial charge in [0.2, 0.25) is 5.82 Å². The van der Waals surface area contributed by atoms with E-state index in [4.69, 9.17) is 9.90 Å². The molecule has 2 heterocycles. The molecule has 2 aromatic carbocycles. The fraction of sp³-hybridized carbons (Fsp3) is 0.273. The topological polar surface area (TPSA) is 88.3 Å². The Hall–Kier alpha value is -3.48. The summed E-state index contributed by atoms with van der Waals surface area (Å²) in [4.78, 5) is 27.4. The summed E-state index contributed by atoms with van der Waals surface area (Å²) in [5.74, 6) is 0.864. The van der Waals surface area contributed by atoms with Gasteiger partial charge in [-0.15, -0.1) is 5.10 Å². The molecule has 1 aliphatic heterocycles.